The molecule has 0 amide bonds. The van der Waals surface area contributed by atoms with Crippen LogP contribution in [0.1, 0.15) is 5.56 Å². The normalized spacial score (nSPS) is 10.3. The first kappa shape index (κ1) is 12.1. The van der Waals surface area contributed by atoms with E-state index in [1.165, 1.54) is 17.1 Å². The Morgan fingerprint density at radius 1 is 1.50 bits per heavy atom. The molecule has 18 heavy (non-hydrogen) atoms. The molecule has 0 aliphatic rings. The highest BCUT2D eigenvalue weighted by Gasteiger charge is 2.12. The summed E-state index contributed by atoms with van der Waals surface area (Å²) in [5.74, 6) is -0.221. The van der Waals surface area contributed by atoms with Gasteiger partial charge in [0.25, 0.3) is 0 Å². The number of hydroxylamine groups is 1. The van der Waals surface area contributed by atoms with Crippen molar-refractivity contribution in [3.05, 3.63) is 42.2 Å². The Morgan fingerprint density at radius 3 is 2.89 bits per heavy atom. The molecular formula is C11H14N6O. The fourth-order valence-electron chi connectivity index (χ4n) is 1.49. The molecule has 2 aromatic rings. The molecule has 6 N–H and O–H groups in total. The second-order valence-corrected chi connectivity index (χ2v) is 3.73. The number of nitrogens with zero attached hydrogens (tertiary/aromatic N) is 3. The van der Waals surface area contributed by atoms with Crippen LogP contribution in [0.25, 0.3) is 0 Å². The third-order valence-electron chi connectivity index (χ3n) is 2.41. The second kappa shape index (κ2) is 4.86. The van der Waals surface area contributed by atoms with E-state index < -0.39 is 0 Å². The fourth-order valence-corrected chi connectivity index (χ4v) is 1.49. The van der Waals surface area contributed by atoms with E-state index in [0.29, 0.717) is 23.0 Å². The van der Waals surface area contributed by atoms with Gasteiger partial charge in [-0.15, -0.1) is 0 Å². The van der Waals surface area contributed by atoms with Crippen molar-refractivity contribution in [1.29, 1.82) is 5.41 Å². The van der Waals surface area contributed by atoms with Crippen LogP contribution < -0.4 is 16.5 Å². The molecule has 2 rings (SSSR count). The van der Waals surface area contributed by atoms with E-state index in [0.717, 1.165) is 5.56 Å². The maximum absolute atomic E-state index is 9.94. The molecular weight excluding hydrogens is 232 g/mol. The minimum absolute atomic E-state index is 0.221. The summed E-state index contributed by atoms with van der Waals surface area (Å²) in [6.45, 7) is 0.365. The lowest BCUT2D eigenvalue weighted by Crippen LogP contribution is -2.32. The Kier molecular flexibility index (Phi) is 3.26. The number of nitrogen functional groups attached to an aromatic ring is 1. The molecule has 0 fully saturated rings. The minimum Gasteiger partial charge on any atom is -0.396 e. The van der Waals surface area contributed by atoms with Crippen molar-refractivity contribution in [2.75, 3.05) is 10.8 Å². The van der Waals surface area contributed by atoms with Crippen LogP contribution in [0.5, 0.6) is 0 Å². The van der Waals surface area contributed by atoms with Crippen molar-refractivity contribution < 1.29 is 5.21 Å². The molecule has 7 nitrogen and oxygen atoms in total. The molecule has 0 saturated carbocycles. The van der Waals surface area contributed by atoms with Gasteiger partial charge in [-0.1, -0.05) is 12.1 Å². The van der Waals surface area contributed by atoms with Crippen molar-refractivity contribution in [2.24, 2.45) is 5.73 Å². The highest BCUT2D eigenvalue weighted by molar-refractivity contribution is 5.92. The largest absolute Gasteiger partial charge is 0.396 e. The summed E-state index contributed by atoms with van der Waals surface area (Å²) < 4.78 is 1.17. The Bertz CT molecular complexity index is 564. The number of hydrogen-bond donors (Lipinski definition) is 4. The lowest BCUT2D eigenvalue weighted by Gasteiger charge is -2.17. The van der Waals surface area contributed by atoms with Gasteiger partial charge in [-0.2, -0.15) is 10.2 Å². The maximum atomic E-state index is 9.94. The molecule has 1 heterocycles. The molecule has 1 aromatic heterocycles. The van der Waals surface area contributed by atoms with Crippen LogP contribution in [0.3, 0.4) is 0 Å². The van der Waals surface area contributed by atoms with Gasteiger partial charge in [0, 0.05) is 6.54 Å². The lowest BCUT2D eigenvalue weighted by atomic mass is 10.2. The maximum Gasteiger partial charge on any atom is 0.248 e. The second-order valence-electron chi connectivity index (χ2n) is 3.73. The summed E-state index contributed by atoms with van der Waals surface area (Å²) in [5.41, 5.74) is 12.7. The topological polar surface area (TPSA) is 117 Å². The van der Waals surface area contributed by atoms with E-state index in [9.17, 15) is 5.21 Å². The number of nitrogens with one attached hydrogen (secondary N) is 1. The van der Waals surface area contributed by atoms with Crippen molar-refractivity contribution in [3.8, 4) is 0 Å². The molecule has 0 aliphatic carbocycles. The van der Waals surface area contributed by atoms with Crippen molar-refractivity contribution in [3.63, 3.8) is 0 Å². The Hall–Kier alpha value is -2.38. The van der Waals surface area contributed by atoms with E-state index >= 15 is 0 Å². The zero-order chi connectivity index (χ0) is 13.1. The third kappa shape index (κ3) is 2.31. The number of benzene rings is 1. The van der Waals surface area contributed by atoms with Crippen molar-refractivity contribution >= 4 is 17.3 Å². The van der Waals surface area contributed by atoms with Gasteiger partial charge in [-0.3, -0.25) is 10.6 Å². The first-order valence-corrected chi connectivity index (χ1v) is 5.29. The van der Waals surface area contributed by atoms with Crippen LogP contribution in [-0.4, -0.2) is 20.9 Å². The molecule has 0 saturated heterocycles. The van der Waals surface area contributed by atoms with Crippen LogP contribution in [0.15, 0.2) is 36.7 Å². The first-order chi connectivity index (χ1) is 8.61. The van der Waals surface area contributed by atoms with Gasteiger partial charge < -0.3 is 11.5 Å². The van der Waals surface area contributed by atoms with Gasteiger partial charge in [0.05, 0.1) is 23.8 Å². The predicted octanol–water partition coefficient (Wildman–Crippen LogP) is 0.603. The van der Waals surface area contributed by atoms with Gasteiger partial charge in [0.1, 0.15) is 0 Å². The summed E-state index contributed by atoms with van der Waals surface area (Å²) in [6.07, 6.45) is 2.84. The molecule has 0 spiro atoms. The summed E-state index contributed by atoms with van der Waals surface area (Å²) in [4.78, 5) is 0. The number of hydrogen-bond acceptors (Lipinski definition) is 5. The average Bonchev–Trinajstić information content (AvgIpc) is 2.83. The fraction of sp³-hybridized carbons (Fsp3) is 0.0909. The Labute approximate surface area is 104 Å². The number of anilines is 2. The van der Waals surface area contributed by atoms with Crippen LogP contribution in [0.2, 0.25) is 0 Å². The van der Waals surface area contributed by atoms with Crippen molar-refractivity contribution in [1.82, 2.24) is 9.78 Å². The van der Waals surface area contributed by atoms with E-state index in [2.05, 4.69) is 5.10 Å². The van der Waals surface area contributed by atoms with Crippen LogP contribution in [0.4, 0.5) is 11.4 Å². The number of nitrogens with two attached hydrogens (primary N) is 2. The molecule has 94 valence electrons. The Morgan fingerprint density at radius 2 is 2.28 bits per heavy atom. The lowest BCUT2D eigenvalue weighted by molar-refractivity contribution is 0.306. The summed E-state index contributed by atoms with van der Waals surface area (Å²) in [5, 5.41) is 22.3. The SMILES string of the molecule is N=C(N(O)c1cccc(CN)c1)n1cc(N)cn1. The average molecular weight is 246 g/mol. The minimum atomic E-state index is -0.221. The van der Waals surface area contributed by atoms with Crippen LogP contribution in [-0.2, 0) is 6.54 Å². The molecule has 0 unspecified atom stereocenters. The molecule has 0 atom stereocenters. The van der Waals surface area contributed by atoms with Gasteiger partial charge in [0.15, 0.2) is 0 Å². The smallest absolute Gasteiger partial charge is 0.248 e. The number of aromatic nitrogens is 2. The molecule has 7 heteroatoms. The van der Waals surface area contributed by atoms with Crippen molar-refractivity contribution in [2.45, 2.75) is 6.54 Å². The molecule has 1 aromatic carbocycles. The van der Waals surface area contributed by atoms with Gasteiger partial charge in [-0.25, -0.2) is 4.68 Å². The van der Waals surface area contributed by atoms with Gasteiger partial charge >= 0.3 is 0 Å². The highest BCUT2D eigenvalue weighted by atomic mass is 16.5. The Balaban J connectivity index is 2.25. The van der Waals surface area contributed by atoms with Crippen LogP contribution >= 0.6 is 0 Å². The predicted molar refractivity (Wildman–Crippen MR) is 68.4 cm³/mol. The van der Waals surface area contributed by atoms with Crippen LogP contribution in [0, 0.1) is 5.41 Å². The third-order valence-corrected chi connectivity index (χ3v) is 2.41. The van der Waals surface area contributed by atoms with Gasteiger partial charge in [0.2, 0.25) is 5.96 Å². The number of rotatable bonds is 2. The summed E-state index contributed by atoms with van der Waals surface area (Å²) in [7, 11) is 0. The summed E-state index contributed by atoms with van der Waals surface area (Å²) >= 11 is 0. The standard InChI is InChI=1S/C11H14N6O/c12-5-8-2-1-3-10(4-8)17(18)11(14)16-7-9(13)6-15-16/h1-4,6-7,14,18H,5,12-13H2. The summed E-state index contributed by atoms with van der Waals surface area (Å²) in [6, 6.07) is 6.96. The quantitative estimate of drug-likeness (QED) is 0.351. The zero-order valence-corrected chi connectivity index (χ0v) is 9.61. The zero-order valence-electron chi connectivity index (χ0n) is 9.61. The monoisotopic (exact) mass is 246 g/mol. The molecule has 0 radical (unpaired) electrons. The van der Waals surface area contributed by atoms with E-state index in [1.807, 2.05) is 6.07 Å². The molecule has 0 aliphatic heterocycles. The highest BCUT2D eigenvalue weighted by Crippen LogP contribution is 2.15. The van der Waals surface area contributed by atoms with E-state index in [1.54, 1.807) is 18.2 Å². The van der Waals surface area contributed by atoms with E-state index in [4.69, 9.17) is 16.9 Å². The molecule has 0 bridgehead atoms. The van der Waals surface area contributed by atoms with Gasteiger partial charge in [-0.05, 0) is 17.7 Å². The van der Waals surface area contributed by atoms with E-state index in [-0.39, 0.29) is 5.96 Å². The first-order valence-electron chi connectivity index (χ1n) is 5.29.